The Morgan fingerprint density at radius 2 is 1.81 bits per heavy atom. The summed E-state index contributed by atoms with van der Waals surface area (Å²) in [6.07, 6.45) is 2.91. The number of aliphatic carboxylic acids is 1. The molecule has 8 heteroatoms. The van der Waals surface area contributed by atoms with E-state index in [4.69, 9.17) is 9.84 Å². The number of hydrogen-bond donors (Lipinski definition) is 2. The van der Waals surface area contributed by atoms with Crippen LogP contribution in [0, 0.1) is 0 Å². The van der Waals surface area contributed by atoms with Gasteiger partial charge in [-0.1, -0.05) is 12.8 Å². The van der Waals surface area contributed by atoms with Crippen molar-refractivity contribution in [2.45, 2.75) is 54.7 Å². The molecule has 0 bridgehead atoms. The zero-order valence-corrected chi connectivity index (χ0v) is 15.8. The van der Waals surface area contributed by atoms with E-state index in [0.29, 0.717) is 12.8 Å². The molecule has 0 saturated heterocycles. The fourth-order valence-electron chi connectivity index (χ4n) is 3.32. The molecule has 1 aliphatic carbocycles. The number of ether oxygens (including phenoxy) is 1. The minimum atomic E-state index is -3.37. The van der Waals surface area contributed by atoms with Crippen LogP contribution in [-0.4, -0.2) is 49.9 Å². The Hall–Kier alpha value is -1.93. The van der Waals surface area contributed by atoms with Crippen molar-refractivity contribution < 1.29 is 27.9 Å². The Morgan fingerprint density at radius 1 is 1.23 bits per heavy atom. The SMILES string of the molecule is COCC(C)(CC(=O)O)NC(=O)c1ccc(S(=O)(=O)C2CCCC2)cc1. The van der Waals surface area contributed by atoms with E-state index in [9.17, 15) is 18.0 Å². The van der Waals surface area contributed by atoms with Crippen LogP contribution < -0.4 is 5.32 Å². The van der Waals surface area contributed by atoms with E-state index in [1.807, 2.05) is 0 Å². The van der Waals surface area contributed by atoms with Crippen molar-refractivity contribution >= 4 is 21.7 Å². The third kappa shape index (κ3) is 4.82. The standard InChI is InChI=1S/C18H25NO6S/c1-18(12-25-2,11-16(20)21)19-17(22)13-7-9-15(10-8-13)26(23,24)14-5-3-4-6-14/h7-10,14H,3-6,11-12H2,1-2H3,(H,19,22)(H,20,21). The first-order chi connectivity index (χ1) is 12.2. The van der Waals surface area contributed by atoms with Crippen LogP contribution in [0.5, 0.6) is 0 Å². The van der Waals surface area contributed by atoms with E-state index >= 15 is 0 Å². The molecule has 1 amide bonds. The van der Waals surface area contributed by atoms with Gasteiger partial charge in [-0.15, -0.1) is 0 Å². The van der Waals surface area contributed by atoms with Gasteiger partial charge in [-0.05, 0) is 44.0 Å². The highest BCUT2D eigenvalue weighted by Gasteiger charge is 2.32. The minimum Gasteiger partial charge on any atom is -0.481 e. The average molecular weight is 383 g/mol. The number of nitrogens with one attached hydrogen (secondary N) is 1. The van der Waals surface area contributed by atoms with Crippen LogP contribution in [-0.2, 0) is 19.4 Å². The Kier molecular flexibility index (Phi) is 6.41. The number of hydrogen-bond acceptors (Lipinski definition) is 5. The summed E-state index contributed by atoms with van der Waals surface area (Å²) in [7, 11) is -1.94. The number of sulfone groups is 1. The van der Waals surface area contributed by atoms with Gasteiger partial charge < -0.3 is 15.2 Å². The summed E-state index contributed by atoms with van der Waals surface area (Å²) in [5.41, 5.74) is -0.796. The van der Waals surface area contributed by atoms with Crippen molar-refractivity contribution in [3.05, 3.63) is 29.8 Å². The van der Waals surface area contributed by atoms with Crippen molar-refractivity contribution in [2.24, 2.45) is 0 Å². The summed E-state index contributed by atoms with van der Waals surface area (Å²) >= 11 is 0. The molecule has 1 aromatic carbocycles. The van der Waals surface area contributed by atoms with Crippen molar-refractivity contribution in [3.63, 3.8) is 0 Å². The van der Waals surface area contributed by atoms with Crippen LogP contribution in [0.3, 0.4) is 0 Å². The molecule has 1 atom stereocenters. The van der Waals surface area contributed by atoms with Gasteiger partial charge in [0.1, 0.15) is 0 Å². The quantitative estimate of drug-likeness (QED) is 0.711. The van der Waals surface area contributed by atoms with E-state index in [2.05, 4.69) is 5.32 Å². The molecule has 1 fully saturated rings. The van der Waals surface area contributed by atoms with Crippen LogP contribution in [0.25, 0.3) is 0 Å². The molecule has 1 aromatic rings. The van der Waals surface area contributed by atoms with Gasteiger partial charge in [0.15, 0.2) is 9.84 Å². The van der Waals surface area contributed by atoms with Crippen molar-refractivity contribution in [1.29, 1.82) is 0 Å². The predicted octanol–water partition coefficient (Wildman–Crippen LogP) is 2.01. The van der Waals surface area contributed by atoms with Gasteiger partial charge in [-0.3, -0.25) is 9.59 Å². The molecule has 0 spiro atoms. The summed E-state index contributed by atoms with van der Waals surface area (Å²) < 4.78 is 30.1. The number of carbonyl (C=O) groups excluding carboxylic acids is 1. The Labute approximate surface area is 153 Å². The lowest BCUT2D eigenvalue weighted by Crippen LogP contribution is -2.50. The molecule has 1 unspecified atom stereocenters. The number of carboxylic acids is 1. The highest BCUT2D eigenvalue weighted by Crippen LogP contribution is 2.29. The molecule has 0 aliphatic heterocycles. The van der Waals surface area contributed by atoms with Crippen LogP contribution in [0.1, 0.15) is 49.4 Å². The fourth-order valence-corrected chi connectivity index (χ4v) is 5.17. The van der Waals surface area contributed by atoms with Gasteiger partial charge in [0.2, 0.25) is 0 Å². The lowest BCUT2D eigenvalue weighted by molar-refractivity contribution is -0.139. The summed E-state index contributed by atoms with van der Waals surface area (Å²) in [5, 5.41) is 11.3. The summed E-state index contributed by atoms with van der Waals surface area (Å²) in [5.74, 6) is -1.53. The first-order valence-corrected chi connectivity index (χ1v) is 10.1. The van der Waals surface area contributed by atoms with Gasteiger partial charge >= 0.3 is 5.97 Å². The monoisotopic (exact) mass is 383 g/mol. The Morgan fingerprint density at radius 3 is 2.31 bits per heavy atom. The molecule has 144 valence electrons. The fraction of sp³-hybridized carbons (Fsp3) is 0.556. The number of carboxylic acid groups (broad SMARTS) is 1. The summed E-state index contributed by atoms with van der Waals surface area (Å²) in [6, 6.07) is 5.77. The maximum Gasteiger partial charge on any atom is 0.305 e. The number of benzene rings is 1. The zero-order chi connectivity index (χ0) is 19.4. The second kappa shape index (κ2) is 8.18. The largest absolute Gasteiger partial charge is 0.481 e. The highest BCUT2D eigenvalue weighted by atomic mass is 32.2. The molecule has 26 heavy (non-hydrogen) atoms. The average Bonchev–Trinajstić information content (AvgIpc) is 3.09. The molecule has 0 heterocycles. The zero-order valence-electron chi connectivity index (χ0n) is 15.0. The number of rotatable bonds is 8. The molecule has 7 nitrogen and oxygen atoms in total. The van der Waals surface area contributed by atoms with E-state index in [1.54, 1.807) is 6.92 Å². The topological polar surface area (TPSA) is 110 Å². The first-order valence-electron chi connectivity index (χ1n) is 8.55. The minimum absolute atomic E-state index is 0.0409. The molecule has 2 N–H and O–H groups in total. The van der Waals surface area contributed by atoms with E-state index < -0.39 is 27.3 Å². The van der Waals surface area contributed by atoms with Gasteiger partial charge in [-0.25, -0.2) is 8.42 Å². The maximum atomic E-state index is 12.6. The van der Waals surface area contributed by atoms with Crippen molar-refractivity contribution in [1.82, 2.24) is 5.32 Å². The van der Waals surface area contributed by atoms with Gasteiger partial charge in [0, 0.05) is 12.7 Å². The third-order valence-corrected chi connectivity index (χ3v) is 6.88. The molecular formula is C18H25NO6S. The third-order valence-electron chi connectivity index (χ3n) is 4.61. The molecule has 0 radical (unpaired) electrons. The van der Waals surface area contributed by atoms with E-state index in [-0.39, 0.29) is 28.7 Å². The van der Waals surface area contributed by atoms with Crippen LogP contribution in [0.15, 0.2) is 29.2 Å². The number of methoxy groups -OCH3 is 1. The van der Waals surface area contributed by atoms with E-state index in [0.717, 1.165) is 12.8 Å². The second-order valence-electron chi connectivity index (χ2n) is 6.99. The van der Waals surface area contributed by atoms with Crippen LogP contribution in [0.4, 0.5) is 0 Å². The summed E-state index contributed by atoms with van der Waals surface area (Å²) in [6.45, 7) is 1.63. The number of amides is 1. The molecule has 1 saturated carbocycles. The Balaban J connectivity index is 2.14. The van der Waals surface area contributed by atoms with Crippen molar-refractivity contribution in [3.8, 4) is 0 Å². The molecule has 2 rings (SSSR count). The van der Waals surface area contributed by atoms with Crippen molar-refractivity contribution in [2.75, 3.05) is 13.7 Å². The molecular weight excluding hydrogens is 358 g/mol. The van der Waals surface area contributed by atoms with Gasteiger partial charge in [-0.2, -0.15) is 0 Å². The van der Waals surface area contributed by atoms with Gasteiger partial charge in [0.05, 0.1) is 28.7 Å². The predicted molar refractivity (Wildman–Crippen MR) is 95.9 cm³/mol. The number of carbonyl (C=O) groups is 2. The smallest absolute Gasteiger partial charge is 0.305 e. The molecule has 0 aromatic heterocycles. The van der Waals surface area contributed by atoms with Crippen LogP contribution in [0.2, 0.25) is 0 Å². The lowest BCUT2D eigenvalue weighted by atomic mass is 9.98. The highest BCUT2D eigenvalue weighted by molar-refractivity contribution is 7.92. The van der Waals surface area contributed by atoms with E-state index in [1.165, 1.54) is 31.4 Å². The first kappa shape index (κ1) is 20.4. The van der Waals surface area contributed by atoms with Gasteiger partial charge in [0.25, 0.3) is 5.91 Å². The second-order valence-corrected chi connectivity index (χ2v) is 9.22. The molecule has 1 aliphatic rings. The van der Waals surface area contributed by atoms with Crippen LogP contribution >= 0.6 is 0 Å². The Bertz CT molecular complexity index is 752. The summed E-state index contributed by atoms with van der Waals surface area (Å²) in [4.78, 5) is 23.7. The maximum absolute atomic E-state index is 12.6. The normalized spacial score (nSPS) is 17.6. The lowest BCUT2D eigenvalue weighted by Gasteiger charge is -2.28.